The molecule has 1 fully saturated rings. The average Bonchev–Trinajstić information content (AvgIpc) is 3.31. The summed E-state index contributed by atoms with van der Waals surface area (Å²) in [5, 5.41) is 7.14. The van der Waals surface area contributed by atoms with Gasteiger partial charge in [0.15, 0.2) is 0 Å². The van der Waals surface area contributed by atoms with Gasteiger partial charge in [-0.25, -0.2) is 9.69 Å². The van der Waals surface area contributed by atoms with Crippen molar-refractivity contribution >= 4 is 35.0 Å². The summed E-state index contributed by atoms with van der Waals surface area (Å²) in [6.45, 7) is 2.50. The number of amides is 2. The lowest BCUT2D eigenvalue weighted by atomic mass is 9.88. The highest BCUT2D eigenvalue weighted by Crippen LogP contribution is 2.34. The zero-order chi connectivity index (χ0) is 19.7. The maximum absolute atomic E-state index is 13.3. The van der Waals surface area contributed by atoms with Gasteiger partial charge >= 0.3 is 6.09 Å². The number of hydrogen-bond acceptors (Lipinski definition) is 5. The van der Waals surface area contributed by atoms with Crippen molar-refractivity contribution in [2.75, 3.05) is 18.2 Å². The zero-order valence-corrected chi connectivity index (χ0v) is 16.2. The van der Waals surface area contributed by atoms with E-state index < -0.39 is 12.1 Å². The van der Waals surface area contributed by atoms with Crippen molar-refractivity contribution in [2.45, 2.75) is 19.4 Å². The van der Waals surface area contributed by atoms with Gasteiger partial charge in [-0.3, -0.25) is 9.80 Å². The monoisotopic (exact) mass is 397 g/mol. The van der Waals surface area contributed by atoms with Gasteiger partial charge < -0.3 is 4.74 Å². The van der Waals surface area contributed by atoms with Crippen molar-refractivity contribution in [1.29, 1.82) is 0 Å². The number of imide groups is 1. The van der Waals surface area contributed by atoms with Crippen LogP contribution in [0.3, 0.4) is 0 Å². The van der Waals surface area contributed by atoms with Gasteiger partial charge in [0.05, 0.1) is 17.9 Å². The Bertz CT molecular complexity index is 932. The number of halogens is 1. The molecule has 2 aliphatic rings. The van der Waals surface area contributed by atoms with Gasteiger partial charge in [0, 0.05) is 10.9 Å². The molecule has 144 valence electrons. The number of cyclic esters (lactones) is 1. The van der Waals surface area contributed by atoms with Gasteiger partial charge in [-0.05, 0) is 36.2 Å². The maximum Gasteiger partial charge on any atom is 0.416 e. The topological polar surface area (TPSA) is 62.2 Å². The molecule has 0 bridgehead atoms. The van der Waals surface area contributed by atoms with Crippen molar-refractivity contribution < 1.29 is 14.3 Å². The molecule has 2 aromatic rings. The SMILES string of the molecule is CC[C@@H]1C(c2cccc(Cl)c2)=NN(c2ccccc2)[C@H]1C(=O)N1CCOC1=O. The number of carbonyl (C=O) groups excluding carboxylic acids is 2. The van der Waals surface area contributed by atoms with Crippen LogP contribution < -0.4 is 5.01 Å². The lowest BCUT2D eigenvalue weighted by Crippen LogP contribution is -2.49. The summed E-state index contributed by atoms with van der Waals surface area (Å²) in [5.74, 6) is -0.474. The molecule has 4 rings (SSSR count). The van der Waals surface area contributed by atoms with Crippen LogP contribution in [0.1, 0.15) is 18.9 Å². The fraction of sp³-hybridized carbons (Fsp3) is 0.286. The number of nitrogens with zero attached hydrogens (tertiary/aromatic N) is 3. The summed E-state index contributed by atoms with van der Waals surface area (Å²) in [5.41, 5.74) is 2.46. The lowest BCUT2D eigenvalue weighted by Gasteiger charge is -2.28. The van der Waals surface area contributed by atoms with E-state index in [0.717, 1.165) is 17.0 Å². The lowest BCUT2D eigenvalue weighted by molar-refractivity contribution is -0.129. The molecule has 2 amide bonds. The Hall–Kier alpha value is -2.86. The molecule has 0 N–H and O–H groups in total. The van der Waals surface area contributed by atoms with E-state index in [0.29, 0.717) is 11.4 Å². The third kappa shape index (κ3) is 3.24. The van der Waals surface area contributed by atoms with E-state index in [9.17, 15) is 9.59 Å². The Balaban J connectivity index is 1.78. The minimum Gasteiger partial charge on any atom is -0.447 e. The summed E-state index contributed by atoms with van der Waals surface area (Å²) in [6, 6.07) is 16.4. The number of benzene rings is 2. The van der Waals surface area contributed by atoms with Crippen molar-refractivity contribution in [3.05, 3.63) is 65.2 Å². The van der Waals surface area contributed by atoms with Crippen LogP contribution in [0, 0.1) is 5.92 Å². The molecular formula is C21H20ClN3O3. The van der Waals surface area contributed by atoms with Crippen LogP contribution in [-0.2, 0) is 9.53 Å². The first kappa shape index (κ1) is 18.5. The standard InChI is InChI=1S/C21H20ClN3O3/c1-2-17-18(14-7-6-8-15(22)13-14)23-25(16-9-4-3-5-10-16)19(17)20(26)24-11-12-28-21(24)27/h3-10,13,17,19H,2,11-12H2,1H3/t17-,19-/m1/s1. The van der Waals surface area contributed by atoms with E-state index >= 15 is 0 Å². The highest BCUT2D eigenvalue weighted by Gasteiger charge is 2.46. The minimum atomic E-state index is -0.618. The molecule has 0 spiro atoms. The van der Waals surface area contributed by atoms with E-state index in [-0.39, 0.29) is 25.0 Å². The molecule has 28 heavy (non-hydrogen) atoms. The van der Waals surface area contributed by atoms with E-state index in [1.54, 1.807) is 11.1 Å². The van der Waals surface area contributed by atoms with Crippen LogP contribution in [-0.4, -0.2) is 41.8 Å². The first-order valence-electron chi connectivity index (χ1n) is 9.27. The number of carbonyl (C=O) groups is 2. The number of para-hydroxylation sites is 1. The summed E-state index contributed by atoms with van der Waals surface area (Å²) in [4.78, 5) is 26.5. The molecule has 0 saturated carbocycles. The van der Waals surface area contributed by atoms with E-state index in [1.165, 1.54) is 4.90 Å². The number of ether oxygens (including phenoxy) is 1. The maximum atomic E-state index is 13.3. The molecule has 1 saturated heterocycles. The first-order chi connectivity index (χ1) is 13.6. The zero-order valence-electron chi connectivity index (χ0n) is 15.4. The molecule has 0 aromatic heterocycles. The van der Waals surface area contributed by atoms with Gasteiger partial charge in [0.25, 0.3) is 5.91 Å². The smallest absolute Gasteiger partial charge is 0.416 e. The fourth-order valence-electron chi connectivity index (χ4n) is 3.74. The number of hydrazone groups is 1. The third-order valence-corrected chi connectivity index (χ3v) is 5.31. The van der Waals surface area contributed by atoms with Crippen LogP contribution in [0.25, 0.3) is 0 Å². The minimum absolute atomic E-state index is 0.181. The molecule has 0 radical (unpaired) electrons. The normalized spacial score (nSPS) is 21.6. The molecular weight excluding hydrogens is 378 g/mol. The van der Waals surface area contributed by atoms with Gasteiger partial charge in [0.1, 0.15) is 12.6 Å². The summed E-state index contributed by atoms with van der Waals surface area (Å²) < 4.78 is 4.98. The number of hydrogen-bond donors (Lipinski definition) is 0. The predicted octanol–water partition coefficient (Wildman–Crippen LogP) is 3.94. The first-order valence-corrected chi connectivity index (χ1v) is 9.64. The molecule has 2 heterocycles. The predicted molar refractivity (Wildman–Crippen MR) is 108 cm³/mol. The summed E-state index contributed by atoms with van der Waals surface area (Å²) in [6.07, 6.45) is 0.0950. The van der Waals surface area contributed by atoms with Crippen molar-refractivity contribution in [1.82, 2.24) is 4.90 Å². The number of anilines is 1. The Morgan fingerprint density at radius 2 is 2.00 bits per heavy atom. The van der Waals surface area contributed by atoms with Gasteiger partial charge in [-0.15, -0.1) is 0 Å². The molecule has 2 atom stereocenters. The Labute approximate surface area is 168 Å². The van der Waals surface area contributed by atoms with Crippen molar-refractivity contribution in [3.63, 3.8) is 0 Å². The molecule has 0 unspecified atom stereocenters. The van der Waals surface area contributed by atoms with Gasteiger partial charge in [0.2, 0.25) is 0 Å². The van der Waals surface area contributed by atoms with Crippen molar-refractivity contribution in [3.8, 4) is 0 Å². The van der Waals surface area contributed by atoms with Gasteiger partial charge in [-0.1, -0.05) is 48.9 Å². The molecule has 7 heteroatoms. The Morgan fingerprint density at radius 1 is 1.21 bits per heavy atom. The second-order valence-corrected chi connectivity index (χ2v) is 7.18. The van der Waals surface area contributed by atoms with Crippen LogP contribution >= 0.6 is 11.6 Å². The van der Waals surface area contributed by atoms with Crippen LogP contribution in [0.5, 0.6) is 0 Å². The largest absolute Gasteiger partial charge is 0.447 e. The highest BCUT2D eigenvalue weighted by atomic mass is 35.5. The summed E-state index contributed by atoms with van der Waals surface area (Å²) in [7, 11) is 0. The molecule has 0 aliphatic carbocycles. The number of rotatable bonds is 4. The average molecular weight is 398 g/mol. The van der Waals surface area contributed by atoms with Crippen LogP contribution in [0.4, 0.5) is 10.5 Å². The fourth-order valence-corrected chi connectivity index (χ4v) is 3.93. The van der Waals surface area contributed by atoms with Gasteiger partial charge in [-0.2, -0.15) is 5.10 Å². The Kier molecular flexibility index (Phi) is 5.05. The van der Waals surface area contributed by atoms with Crippen LogP contribution in [0.15, 0.2) is 59.7 Å². The molecule has 2 aromatic carbocycles. The highest BCUT2D eigenvalue weighted by molar-refractivity contribution is 6.31. The second-order valence-electron chi connectivity index (χ2n) is 6.74. The third-order valence-electron chi connectivity index (χ3n) is 5.07. The molecule has 2 aliphatic heterocycles. The van der Waals surface area contributed by atoms with Crippen molar-refractivity contribution in [2.24, 2.45) is 11.0 Å². The van der Waals surface area contributed by atoms with E-state index in [4.69, 9.17) is 21.4 Å². The summed E-state index contributed by atoms with van der Waals surface area (Å²) >= 11 is 6.18. The van der Waals surface area contributed by atoms with E-state index in [2.05, 4.69) is 0 Å². The molecule has 6 nitrogen and oxygen atoms in total. The van der Waals surface area contributed by atoms with Crippen LogP contribution in [0.2, 0.25) is 5.02 Å². The second kappa shape index (κ2) is 7.64. The quantitative estimate of drug-likeness (QED) is 0.784. The van der Waals surface area contributed by atoms with E-state index in [1.807, 2.05) is 55.5 Å². The Morgan fingerprint density at radius 3 is 2.64 bits per heavy atom.